The fourth-order valence-electron chi connectivity index (χ4n) is 4.04. The van der Waals surface area contributed by atoms with Crippen molar-refractivity contribution >= 4 is 27.5 Å². The Morgan fingerprint density at radius 3 is 2.55 bits per heavy atom. The molecule has 1 aromatic carbocycles. The SMILES string of the molecule is O=C(NCCCOC1CCCCC1)[C@H]1CCCN(S(=O)(=O)c2ccc(Cl)cc2)C1. The number of rotatable bonds is 8. The molecule has 2 fully saturated rings. The predicted octanol–water partition coefficient (Wildman–Crippen LogP) is 3.60. The number of benzene rings is 1. The smallest absolute Gasteiger partial charge is 0.243 e. The Balaban J connectivity index is 1.43. The normalized spacial score (nSPS) is 21.8. The number of piperidine rings is 1. The first-order chi connectivity index (χ1) is 14.0. The zero-order valence-corrected chi connectivity index (χ0v) is 18.4. The van der Waals surface area contributed by atoms with E-state index in [0.717, 1.165) is 19.3 Å². The second-order valence-corrected chi connectivity index (χ2v) is 10.3. The van der Waals surface area contributed by atoms with Crippen LogP contribution in [0.5, 0.6) is 0 Å². The molecular weight excluding hydrogens is 412 g/mol. The molecule has 1 heterocycles. The fraction of sp³-hybridized carbons (Fsp3) is 0.667. The lowest BCUT2D eigenvalue weighted by Crippen LogP contribution is -2.45. The third-order valence-corrected chi connectivity index (χ3v) is 7.86. The first kappa shape index (κ1) is 22.5. The van der Waals surface area contributed by atoms with E-state index in [1.807, 2.05) is 0 Å². The number of nitrogens with one attached hydrogen (secondary N) is 1. The third-order valence-electron chi connectivity index (χ3n) is 5.73. The van der Waals surface area contributed by atoms with E-state index < -0.39 is 10.0 Å². The largest absolute Gasteiger partial charge is 0.378 e. The van der Waals surface area contributed by atoms with Gasteiger partial charge in [0.2, 0.25) is 15.9 Å². The quantitative estimate of drug-likeness (QED) is 0.624. The van der Waals surface area contributed by atoms with Crippen molar-refractivity contribution in [3.63, 3.8) is 0 Å². The molecule has 29 heavy (non-hydrogen) atoms. The van der Waals surface area contributed by atoms with Crippen molar-refractivity contribution in [2.75, 3.05) is 26.2 Å². The standard InChI is InChI=1S/C21H31ClN2O4S/c22-18-9-11-20(12-10-18)29(26,27)24-14-4-6-17(16-24)21(25)23-13-5-15-28-19-7-2-1-3-8-19/h9-12,17,19H,1-8,13-16H2,(H,23,25)/t17-/m0/s1. The zero-order valence-electron chi connectivity index (χ0n) is 16.8. The number of halogens is 1. The van der Waals surface area contributed by atoms with Gasteiger partial charge in [0.25, 0.3) is 0 Å². The molecule has 6 nitrogen and oxygen atoms in total. The summed E-state index contributed by atoms with van der Waals surface area (Å²) in [7, 11) is -3.61. The van der Waals surface area contributed by atoms with E-state index >= 15 is 0 Å². The van der Waals surface area contributed by atoms with Gasteiger partial charge < -0.3 is 10.1 Å². The van der Waals surface area contributed by atoms with E-state index in [1.165, 1.54) is 35.7 Å². The van der Waals surface area contributed by atoms with Crippen LogP contribution in [0.15, 0.2) is 29.2 Å². The maximum absolute atomic E-state index is 12.9. The summed E-state index contributed by atoms with van der Waals surface area (Å²) in [5.74, 6) is -0.385. The molecule has 1 atom stereocenters. The van der Waals surface area contributed by atoms with Crippen LogP contribution in [0.3, 0.4) is 0 Å². The van der Waals surface area contributed by atoms with Gasteiger partial charge in [-0.1, -0.05) is 30.9 Å². The van der Waals surface area contributed by atoms with Crippen LogP contribution < -0.4 is 5.32 Å². The summed E-state index contributed by atoms with van der Waals surface area (Å²) in [6, 6.07) is 6.15. The molecule has 1 aromatic rings. The lowest BCUT2D eigenvalue weighted by atomic mass is 9.98. The number of sulfonamides is 1. The van der Waals surface area contributed by atoms with Crippen molar-refractivity contribution in [1.82, 2.24) is 9.62 Å². The number of hydrogen-bond acceptors (Lipinski definition) is 4. The van der Waals surface area contributed by atoms with Gasteiger partial charge in [-0.25, -0.2) is 8.42 Å². The van der Waals surface area contributed by atoms with Crippen LogP contribution in [-0.4, -0.2) is 51.0 Å². The van der Waals surface area contributed by atoms with Gasteiger partial charge in [-0.05, 0) is 56.4 Å². The van der Waals surface area contributed by atoms with Crippen LogP contribution >= 0.6 is 11.6 Å². The summed E-state index contributed by atoms with van der Waals surface area (Å²) in [5.41, 5.74) is 0. The van der Waals surface area contributed by atoms with Crippen LogP contribution in [0.25, 0.3) is 0 Å². The van der Waals surface area contributed by atoms with Crippen molar-refractivity contribution in [1.29, 1.82) is 0 Å². The van der Waals surface area contributed by atoms with Crippen LogP contribution in [0.2, 0.25) is 5.02 Å². The molecule has 1 amide bonds. The van der Waals surface area contributed by atoms with Crippen molar-refractivity contribution < 1.29 is 17.9 Å². The number of carbonyl (C=O) groups is 1. The summed E-state index contributed by atoms with van der Waals surface area (Å²) in [5, 5.41) is 3.44. The Kier molecular flexibility index (Phi) is 8.35. The van der Waals surface area contributed by atoms with Crippen molar-refractivity contribution in [2.24, 2.45) is 5.92 Å². The number of amides is 1. The fourth-order valence-corrected chi connectivity index (χ4v) is 5.69. The van der Waals surface area contributed by atoms with Crippen molar-refractivity contribution in [3.05, 3.63) is 29.3 Å². The van der Waals surface area contributed by atoms with Crippen molar-refractivity contribution in [3.8, 4) is 0 Å². The Morgan fingerprint density at radius 2 is 1.83 bits per heavy atom. The van der Waals surface area contributed by atoms with E-state index in [-0.39, 0.29) is 23.3 Å². The second kappa shape index (κ2) is 10.8. The minimum absolute atomic E-state index is 0.0707. The monoisotopic (exact) mass is 442 g/mol. The Labute approximate surface area is 179 Å². The molecule has 3 rings (SSSR count). The molecule has 1 saturated heterocycles. The van der Waals surface area contributed by atoms with Gasteiger partial charge in [-0.2, -0.15) is 4.31 Å². The molecular formula is C21H31ClN2O4S. The summed E-state index contributed by atoms with van der Waals surface area (Å²) in [4.78, 5) is 12.7. The summed E-state index contributed by atoms with van der Waals surface area (Å²) < 4.78 is 33.0. The van der Waals surface area contributed by atoms with Crippen LogP contribution in [0.1, 0.15) is 51.4 Å². The second-order valence-electron chi connectivity index (χ2n) is 7.93. The van der Waals surface area contributed by atoms with Crippen LogP contribution in [-0.2, 0) is 19.6 Å². The lowest BCUT2D eigenvalue weighted by molar-refractivity contribution is -0.126. The first-order valence-corrected chi connectivity index (χ1v) is 12.4. The maximum atomic E-state index is 12.9. The topological polar surface area (TPSA) is 75.7 Å². The van der Waals surface area contributed by atoms with Gasteiger partial charge >= 0.3 is 0 Å². The molecule has 162 valence electrons. The van der Waals surface area contributed by atoms with Gasteiger partial charge in [0, 0.05) is 31.3 Å². The minimum Gasteiger partial charge on any atom is -0.378 e. The summed E-state index contributed by atoms with van der Waals surface area (Å²) >= 11 is 5.86. The highest BCUT2D eigenvalue weighted by Crippen LogP contribution is 2.25. The van der Waals surface area contributed by atoms with E-state index in [0.29, 0.717) is 43.7 Å². The average Bonchev–Trinajstić information content (AvgIpc) is 2.74. The number of carbonyl (C=O) groups excluding carboxylic acids is 1. The molecule has 1 saturated carbocycles. The molecule has 1 aliphatic carbocycles. The zero-order chi connectivity index (χ0) is 20.7. The van der Waals surface area contributed by atoms with Gasteiger partial charge in [-0.3, -0.25) is 4.79 Å². The van der Waals surface area contributed by atoms with Gasteiger partial charge in [0.05, 0.1) is 16.9 Å². The summed E-state index contributed by atoms with van der Waals surface area (Å²) in [6.45, 7) is 1.87. The van der Waals surface area contributed by atoms with Gasteiger partial charge in [-0.15, -0.1) is 0 Å². The number of hydrogen-bond donors (Lipinski definition) is 1. The highest BCUT2D eigenvalue weighted by molar-refractivity contribution is 7.89. The molecule has 0 bridgehead atoms. The number of nitrogens with zero attached hydrogens (tertiary/aromatic N) is 1. The molecule has 8 heteroatoms. The van der Waals surface area contributed by atoms with Gasteiger partial charge in [0.1, 0.15) is 0 Å². The maximum Gasteiger partial charge on any atom is 0.243 e. The molecule has 1 aliphatic heterocycles. The molecule has 2 aliphatic rings. The van der Waals surface area contributed by atoms with E-state index in [2.05, 4.69) is 5.32 Å². The number of ether oxygens (including phenoxy) is 1. The Morgan fingerprint density at radius 1 is 1.10 bits per heavy atom. The predicted molar refractivity (Wildman–Crippen MR) is 113 cm³/mol. The Bertz CT molecular complexity index is 763. The highest BCUT2D eigenvalue weighted by atomic mass is 35.5. The Hall–Kier alpha value is -1.15. The van der Waals surface area contributed by atoms with E-state index in [4.69, 9.17) is 16.3 Å². The third kappa shape index (κ3) is 6.41. The minimum atomic E-state index is -3.61. The van der Waals surface area contributed by atoms with Gasteiger partial charge in [0.15, 0.2) is 0 Å². The molecule has 1 N–H and O–H groups in total. The molecule has 0 aromatic heterocycles. The van der Waals surface area contributed by atoms with Crippen LogP contribution in [0, 0.1) is 5.92 Å². The molecule has 0 spiro atoms. The van der Waals surface area contributed by atoms with E-state index in [9.17, 15) is 13.2 Å². The van der Waals surface area contributed by atoms with E-state index in [1.54, 1.807) is 12.1 Å². The van der Waals surface area contributed by atoms with Crippen molar-refractivity contribution in [2.45, 2.75) is 62.4 Å². The molecule has 0 radical (unpaired) electrons. The first-order valence-electron chi connectivity index (χ1n) is 10.6. The lowest BCUT2D eigenvalue weighted by Gasteiger charge is -2.31. The molecule has 0 unspecified atom stereocenters. The summed E-state index contributed by atoms with van der Waals surface area (Å²) in [6.07, 6.45) is 8.64. The average molecular weight is 443 g/mol. The van der Waals surface area contributed by atoms with Crippen LogP contribution in [0.4, 0.5) is 0 Å². The highest BCUT2D eigenvalue weighted by Gasteiger charge is 2.33.